The van der Waals surface area contributed by atoms with Gasteiger partial charge in [-0.3, -0.25) is 18.8 Å². The summed E-state index contributed by atoms with van der Waals surface area (Å²) in [5, 5.41) is 6.51. The van der Waals surface area contributed by atoms with E-state index in [4.69, 9.17) is 31.2 Å². The van der Waals surface area contributed by atoms with Crippen molar-refractivity contribution in [3.63, 3.8) is 0 Å². The molecule has 376 valence electrons. The molecule has 8 rings (SSSR count). The van der Waals surface area contributed by atoms with Gasteiger partial charge in [0.15, 0.2) is 0 Å². The maximum absolute atomic E-state index is 12.7. The molecule has 0 spiro atoms. The van der Waals surface area contributed by atoms with Gasteiger partial charge in [-0.1, -0.05) is 158 Å². The van der Waals surface area contributed by atoms with Crippen molar-refractivity contribution in [3.05, 3.63) is 129 Å². The number of nitrogens with zero attached hydrogens (tertiary/aromatic N) is 4. The standard InChI is InChI=1S/C24H28B3N4O2.C24H30B3N4O.3C2H6.CH4/c1-2-17(18-7-3-4-8-19(18)27-26)23(25)29-22(32)15-30-13-11-16(12-14-30)31-21-10-6-5-9-20(21)28-24(31)33;1-2-18(19-7-3-4-8-20(19)27-26)23(25)28-13-16-30-14-11-17(12-15-30)31-22-10-6-5-9-21(22)29-24(31)32;3*1-2;/h3-10,16-17,23H,2,11-15H2,1H3,(H,28,33)(H,29,32);3-10,17-18,23,28H,2,11-16H2,1H3,(H,29,32);3*1-2H3;1H4. The van der Waals surface area contributed by atoms with Crippen LogP contribution in [0.1, 0.15) is 136 Å². The van der Waals surface area contributed by atoms with Gasteiger partial charge in [-0.2, -0.15) is 0 Å². The Morgan fingerprint density at radius 3 is 1.43 bits per heavy atom. The van der Waals surface area contributed by atoms with Crippen molar-refractivity contribution < 1.29 is 4.79 Å². The van der Waals surface area contributed by atoms with E-state index in [2.05, 4.69) is 50.3 Å². The molecule has 72 heavy (non-hydrogen) atoms. The molecule has 4 heterocycles. The number of H-pyrrole nitrogens is 2. The molecule has 0 aliphatic carbocycles. The third-order valence-corrected chi connectivity index (χ3v) is 13.5. The van der Waals surface area contributed by atoms with E-state index in [9.17, 15) is 14.4 Å². The number of piperidine rings is 2. The Labute approximate surface area is 438 Å². The second-order valence-electron chi connectivity index (χ2n) is 17.4. The van der Waals surface area contributed by atoms with Gasteiger partial charge in [0.2, 0.25) is 5.91 Å². The summed E-state index contributed by atoms with van der Waals surface area (Å²) in [6.45, 7) is 21.8. The molecular formula is C55H80B6N8O3. The summed E-state index contributed by atoms with van der Waals surface area (Å²) in [6.07, 6.45) is 5.33. The molecule has 6 aromatic rings. The Balaban J connectivity index is 0.000000341. The number of likely N-dealkylation sites (tertiary alicyclic amines) is 2. The van der Waals surface area contributed by atoms with E-state index >= 15 is 0 Å². The summed E-state index contributed by atoms with van der Waals surface area (Å²) in [6, 6.07) is 32.1. The molecule has 0 bridgehead atoms. The number of aromatic nitrogens is 4. The second kappa shape index (κ2) is 32.4. The predicted octanol–water partition coefficient (Wildman–Crippen LogP) is 6.56. The number of fused-ring (bicyclic) bond motifs is 2. The summed E-state index contributed by atoms with van der Waals surface area (Å²) in [4.78, 5) is 48.2. The van der Waals surface area contributed by atoms with Crippen LogP contribution in [0.5, 0.6) is 0 Å². The highest BCUT2D eigenvalue weighted by atomic mass is 16.2. The number of benzene rings is 4. The summed E-state index contributed by atoms with van der Waals surface area (Å²) in [5.41, 5.74) is 7.86. The molecule has 1 amide bonds. The van der Waals surface area contributed by atoms with Crippen LogP contribution in [0.4, 0.5) is 0 Å². The van der Waals surface area contributed by atoms with Crippen LogP contribution < -0.4 is 32.9 Å². The highest BCUT2D eigenvalue weighted by Crippen LogP contribution is 2.27. The Hall–Kier alpha value is -4.84. The van der Waals surface area contributed by atoms with Crippen LogP contribution in [0, 0.1) is 0 Å². The first-order chi connectivity index (χ1) is 34.6. The molecule has 17 heteroatoms. The minimum Gasteiger partial charge on any atom is -0.360 e. The Kier molecular flexibility index (Phi) is 27.6. The molecule has 2 fully saturated rings. The zero-order chi connectivity index (χ0) is 51.9. The van der Waals surface area contributed by atoms with E-state index in [1.165, 1.54) is 5.56 Å². The van der Waals surface area contributed by atoms with Crippen LogP contribution in [0.3, 0.4) is 0 Å². The van der Waals surface area contributed by atoms with Gasteiger partial charge in [0, 0.05) is 66.8 Å². The van der Waals surface area contributed by atoms with E-state index < -0.39 is 5.94 Å². The van der Waals surface area contributed by atoms with Gasteiger partial charge in [0.1, 0.15) is 0 Å². The lowest BCUT2D eigenvalue weighted by atomic mass is 9.49. The van der Waals surface area contributed by atoms with Crippen molar-refractivity contribution in [1.82, 2.24) is 39.5 Å². The summed E-state index contributed by atoms with van der Waals surface area (Å²) >= 11 is 0. The maximum atomic E-state index is 12.7. The minimum atomic E-state index is -0.495. The van der Waals surface area contributed by atoms with Crippen molar-refractivity contribution in [3.8, 4) is 0 Å². The number of nitrogens with one attached hydrogen (secondary N) is 4. The Morgan fingerprint density at radius 2 is 1.00 bits per heavy atom. The Morgan fingerprint density at radius 1 is 0.611 bits per heavy atom. The van der Waals surface area contributed by atoms with E-state index in [1.54, 1.807) is 14.3 Å². The fourth-order valence-electron chi connectivity index (χ4n) is 10.0. The van der Waals surface area contributed by atoms with Gasteiger partial charge in [-0.05, 0) is 86.5 Å². The number of carbonyl (C=O) groups excluding carboxylic acids is 1. The summed E-state index contributed by atoms with van der Waals surface area (Å²) < 4.78 is 3.80. The number of hydrogen-bond acceptors (Lipinski definition) is 6. The second-order valence-corrected chi connectivity index (χ2v) is 17.4. The molecule has 4 N–H and O–H groups in total. The molecule has 4 unspecified atom stereocenters. The van der Waals surface area contributed by atoms with Crippen molar-refractivity contribution in [2.75, 3.05) is 45.8 Å². The van der Waals surface area contributed by atoms with Crippen molar-refractivity contribution in [1.29, 1.82) is 0 Å². The minimum absolute atomic E-state index is 0. The number of para-hydroxylation sites is 4. The maximum Gasteiger partial charge on any atom is 0.326 e. The summed E-state index contributed by atoms with van der Waals surface area (Å²) in [7, 11) is 27.8. The van der Waals surface area contributed by atoms with Crippen LogP contribution >= 0.6 is 0 Å². The first-order valence-electron chi connectivity index (χ1n) is 26.3. The molecule has 10 radical (unpaired) electrons. The smallest absolute Gasteiger partial charge is 0.326 e. The average molecular weight is 966 g/mol. The topological polar surface area (TPSA) is 123 Å². The van der Waals surface area contributed by atoms with E-state index in [0.717, 1.165) is 116 Å². The largest absolute Gasteiger partial charge is 0.360 e. The summed E-state index contributed by atoms with van der Waals surface area (Å²) in [5.74, 6) is -0.512. The van der Waals surface area contributed by atoms with Gasteiger partial charge in [0.25, 0.3) is 0 Å². The molecule has 4 aromatic carbocycles. The van der Waals surface area contributed by atoms with Gasteiger partial charge in [-0.15, -0.1) is 0 Å². The molecule has 4 atom stereocenters. The number of rotatable bonds is 17. The van der Waals surface area contributed by atoms with Crippen LogP contribution in [0.2, 0.25) is 0 Å². The monoisotopic (exact) mass is 967 g/mol. The number of imidazole rings is 2. The third kappa shape index (κ3) is 16.1. The molecule has 2 aliphatic rings. The number of amides is 1. The van der Waals surface area contributed by atoms with Gasteiger partial charge in [0.05, 0.1) is 58.6 Å². The lowest BCUT2D eigenvalue weighted by Crippen LogP contribution is -2.47. The third-order valence-electron chi connectivity index (χ3n) is 13.5. The van der Waals surface area contributed by atoms with E-state index in [0.29, 0.717) is 6.54 Å². The number of carbonyl (C=O) groups is 1. The molecule has 2 saturated heterocycles. The van der Waals surface area contributed by atoms with Crippen LogP contribution in [0.25, 0.3) is 22.1 Å². The van der Waals surface area contributed by atoms with Crippen molar-refractivity contribution in [2.24, 2.45) is 0 Å². The average Bonchev–Trinajstić information content (AvgIpc) is 3.94. The number of hydrogen-bond donors (Lipinski definition) is 4. The predicted molar refractivity (Wildman–Crippen MR) is 312 cm³/mol. The zero-order valence-corrected chi connectivity index (χ0v) is 43.9. The highest BCUT2D eigenvalue weighted by molar-refractivity contribution is 6.98. The first-order valence-corrected chi connectivity index (χ1v) is 26.3. The molecule has 11 nitrogen and oxygen atoms in total. The fourth-order valence-corrected chi connectivity index (χ4v) is 10.0. The SMILES string of the molecule is C.CC.CC.CC.[B][B]c1ccccc1C(CC)C([B])NC(=O)CN1CCC(n2c(=O)[nH]c3ccccc32)CC1.[B][B]c1ccccc1C(CC)C([B])NCCN1CCC(n2c(=O)[nH]c3ccccc32)CC1. The zero-order valence-electron chi connectivity index (χ0n) is 43.9. The van der Waals surface area contributed by atoms with Gasteiger partial charge in [-0.25, -0.2) is 9.59 Å². The lowest BCUT2D eigenvalue weighted by Gasteiger charge is -2.33. The first kappa shape index (κ1) is 61.5. The number of aromatic amines is 2. The normalized spacial score (nSPS) is 15.8. The molecule has 2 aliphatic heterocycles. The molecule has 2 aromatic heterocycles. The van der Waals surface area contributed by atoms with Crippen molar-refractivity contribution in [2.45, 2.75) is 137 Å². The van der Waals surface area contributed by atoms with Crippen molar-refractivity contribution >= 4 is 84.4 Å². The molecular weight excluding hydrogens is 886 g/mol. The quantitative estimate of drug-likeness (QED) is 0.0770. The lowest BCUT2D eigenvalue weighted by molar-refractivity contribution is -0.122. The van der Waals surface area contributed by atoms with E-state index in [1.807, 2.05) is 142 Å². The Bertz CT molecular complexity index is 2580. The van der Waals surface area contributed by atoms with Gasteiger partial charge < -0.3 is 25.5 Å². The fraction of sp³-hybridized carbons (Fsp3) is 0.509. The highest BCUT2D eigenvalue weighted by Gasteiger charge is 2.27. The molecule has 0 saturated carbocycles. The van der Waals surface area contributed by atoms with Gasteiger partial charge >= 0.3 is 11.4 Å². The van der Waals surface area contributed by atoms with Crippen LogP contribution in [0.15, 0.2) is 107 Å². The van der Waals surface area contributed by atoms with Crippen LogP contribution in [-0.4, -0.2) is 138 Å². The van der Waals surface area contributed by atoms with E-state index in [-0.39, 0.29) is 54.6 Å². The van der Waals surface area contributed by atoms with Crippen LogP contribution in [-0.2, 0) is 4.79 Å².